The first-order chi connectivity index (χ1) is 15.1. The topological polar surface area (TPSA) is 87.5 Å². The number of thioether (sulfide) groups is 1. The molecule has 0 fully saturated rings. The van der Waals surface area contributed by atoms with Crippen molar-refractivity contribution < 1.29 is 19.0 Å². The van der Waals surface area contributed by atoms with Gasteiger partial charge in [0.1, 0.15) is 5.82 Å². The molecule has 1 aromatic heterocycles. The number of aromatic nitrogens is 3. The minimum Gasteiger partial charge on any atom is -0.454 e. The van der Waals surface area contributed by atoms with Crippen LogP contribution in [-0.2, 0) is 23.6 Å². The molecule has 31 heavy (non-hydrogen) atoms. The van der Waals surface area contributed by atoms with Gasteiger partial charge in [0.25, 0.3) is 5.91 Å². The Hall–Kier alpha value is -3.04. The fourth-order valence-corrected chi connectivity index (χ4v) is 4.11. The summed E-state index contributed by atoms with van der Waals surface area (Å²) in [5, 5.41) is 12.2. The largest absolute Gasteiger partial charge is 0.454 e. The van der Waals surface area contributed by atoms with E-state index in [1.165, 1.54) is 0 Å². The van der Waals surface area contributed by atoms with Crippen molar-refractivity contribution in [1.82, 2.24) is 20.1 Å². The molecule has 0 atom stereocenters. The lowest BCUT2D eigenvalue weighted by Gasteiger charge is -2.08. The van der Waals surface area contributed by atoms with Gasteiger partial charge in [-0.1, -0.05) is 30.0 Å². The molecule has 3 aromatic rings. The Morgan fingerprint density at radius 3 is 2.71 bits per heavy atom. The maximum absolute atomic E-state index is 12.5. The second kappa shape index (κ2) is 9.84. The third-order valence-corrected chi connectivity index (χ3v) is 5.93. The third-order valence-electron chi connectivity index (χ3n) is 4.89. The number of carbonyl (C=O) groups is 1. The molecule has 1 amide bonds. The van der Waals surface area contributed by atoms with Crippen LogP contribution in [0.15, 0.2) is 47.6 Å². The zero-order valence-corrected chi connectivity index (χ0v) is 18.3. The van der Waals surface area contributed by atoms with Gasteiger partial charge in [0.2, 0.25) is 6.79 Å². The number of hydrogen-bond donors (Lipinski definition) is 1. The van der Waals surface area contributed by atoms with Crippen LogP contribution in [-0.4, -0.2) is 41.2 Å². The molecule has 0 saturated heterocycles. The first-order valence-electron chi connectivity index (χ1n) is 9.91. The number of benzene rings is 2. The molecule has 0 bridgehead atoms. The fourth-order valence-electron chi connectivity index (χ4n) is 3.14. The molecule has 1 aliphatic heterocycles. The molecule has 2 aromatic carbocycles. The molecule has 0 radical (unpaired) electrons. The van der Waals surface area contributed by atoms with Gasteiger partial charge in [0.15, 0.2) is 16.7 Å². The van der Waals surface area contributed by atoms with E-state index < -0.39 is 0 Å². The van der Waals surface area contributed by atoms with Crippen molar-refractivity contribution in [2.45, 2.75) is 30.9 Å². The van der Waals surface area contributed by atoms with Crippen LogP contribution in [0, 0.1) is 6.92 Å². The Kier molecular flexibility index (Phi) is 6.73. The number of aryl methyl sites for hydroxylation is 1. The zero-order chi connectivity index (χ0) is 21.6. The van der Waals surface area contributed by atoms with Gasteiger partial charge in [-0.15, -0.1) is 10.2 Å². The fraction of sp³-hybridized carbons (Fsp3) is 0.318. The molecular formula is C22H24N4O4S. The first-order valence-corrected chi connectivity index (χ1v) is 10.9. The molecule has 4 rings (SSSR count). The van der Waals surface area contributed by atoms with Crippen molar-refractivity contribution in [2.75, 3.05) is 20.5 Å². The van der Waals surface area contributed by atoms with Crippen molar-refractivity contribution >= 4 is 17.7 Å². The molecule has 8 nitrogen and oxygen atoms in total. The van der Waals surface area contributed by atoms with Gasteiger partial charge in [0.05, 0.1) is 6.61 Å². The second-order valence-electron chi connectivity index (χ2n) is 7.03. The quantitative estimate of drug-likeness (QED) is 0.511. The van der Waals surface area contributed by atoms with Crippen molar-refractivity contribution in [3.63, 3.8) is 0 Å². The summed E-state index contributed by atoms with van der Waals surface area (Å²) in [6, 6.07) is 13.3. The zero-order valence-electron chi connectivity index (χ0n) is 17.5. The number of fused-ring (bicyclic) bond motifs is 1. The molecule has 2 heterocycles. The summed E-state index contributed by atoms with van der Waals surface area (Å²) in [5.74, 6) is 2.93. The maximum atomic E-state index is 12.5. The molecule has 9 heteroatoms. The maximum Gasteiger partial charge on any atom is 0.251 e. The van der Waals surface area contributed by atoms with Crippen molar-refractivity contribution in [3.05, 3.63) is 65.0 Å². The van der Waals surface area contributed by atoms with E-state index in [1.807, 2.05) is 54.0 Å². The van der Waals surface area contributed by atoms with Crippen LogP contribution in [0.3, 0.4) is 0 Å². The lowest BCUT2D eigenvalue weighted by molar-refractivity contribution is 0.0951. The van der Waals surface area contributed by atoms with Crippen molar-refractivity contribution in [3.8, 4) is 11.5 Å². The highest BCUT2D eigenvalue weighted by molar-refractivity contribution is 7.98. The summed E-state index contributed by atoms with van der Waals surface area (Å²) >= 11 is 1.61. The summed E-state index contributed by atoms with van der Waals surface area (Å²) in [5.41, 5.74) is 2.68. The van der Waals surface area contributed by atoms with E-state index in [4.69, 9.17) is 14.2 Å². The summed E-state index contributed by atoms with van der Waals surface area (Å²) < 4.78 is 17.9. The van der Waals surface area contributed by atoms with Gasteiger partial charge < -0.3 is 24.1 Å². The molecule has 0 spiro atoms. The minimum absolute atomic E-state index is 0.119. The van der Waals surface area contributed by atoms with E-state index in [0.717, 1.165) is 40.2 Å². The first kappa shape index (κ1) is 21.2. The Morgan fingerprint density at radius 2 is 1.90 bits per heavy atom. The predicted molar refractivity (Wildman–Crippen MR) is 116 cm³/mol. The number of rotatable bonds is 9. The van der Waals surface area contributed by atoms with Crippen LogP contribution < -0.4 is 14.8 Å². The average molecular weight is 441 g/mol. The Labute approximate surface area is 184 Å². The van der Waals surface area contributed by atoms with Crippen LogP contribution in [0.1, 0.15) is 27.3 Å². The van der Waals surface area contributed by atoms with Gasteiger partial charge in [-0.05, 0) is 42.3 Å². The summed E-state index contributed by atoms with van der Waals surface area (Å²) in [7, 11) is 1.68. The monoisotopic (exact) mass is 440 g/mol. The molecule has 162 valence electrons. The van der Waals surface area contributed by atoms with Crippen LogP contribution in [0.25, 0.3) is 0 Å². The van der Waals surface area contributed by atoms with Crippen LogP contribution in [0.5, 0.6) is 11.5 Å². The highest BCUT2D eigenvalue weighted by Gasteiger charge is 2.14. The summed E-state index contributed by atoms with van der Waals surface area (Å²) in [6.07, 6.45) is 0. The number of hydrogen-bond acceptors (Lipinski definition) is 7. The van der Waals surface area contributed by atoms with Gasteiger partial charge in [0, 0.05) is 31.5 Å². The number of carbonyl (C=O) groups excluding carboxylic acids is 1. The molecule has 0 unspecified atom stereocenters. The number of nitrogens with zero attached hydrogens (tertiary/aromatic N) is 3. The van der Waals surface area contributed by atoms with Gasteiger partial charge in [-0.2, -0.15) is 0 Å². The number of nitrogens with one attached hydrogen (secondary N) is 1. The van der Waals surface area contributed by atoms with E-state index in [0.29, 0.717) is 24.5 Å². The van der Waals surface area contributed by atoms with E-state index in [2.05, 4.69) is 15.5 Å². The molecule has 1 aliphatic rings. The van der Waals surface area contributed by atoms with Crippen LogP contribution >= 0.6 is 11.8 Å². The van der Waals surface area contributed by atoms with Crippen molar-refractivity contribution in [2.24, 2.45) is 0 Å². The Balaban J connectivity index is 1.30. The summed E-state index contributed by atoms with van der Waals surface area (Å²) in [4.78, 5) is 12.5. The highest BCUT2D eigenvalue weighted by atomic mass is 32.2. The average Bonchev–Trinajstić information content (AvgIpc) is 3.40. The van der Waals surface area contributed by atoms with Gasteiger partial charge in [-0.3, -0.25) is 4.79 Å². The van der Waals surface area contributed by atoms with E-state index >= 15 is 0 Å². The molecule has 0 aliphatic carbocycles. The highest BCUT2D eigenvalue weighted by Crippen LogP contribution is 2.32. The van der Waals surface area contributed by atoms with Crippen LogP contribution in [0.2, 0.25) is 0 Å². The normalized spacial score (nSPS) is 12.2. The molecular weight excluding hydrogens is 416 g/mol. The lowest BCUT2D eigenvalue weighted by atomic mass is 10.1. The smallest absolute Gasteiger partial charge is 0.251 e. The van der Waals surface area contributed by atoms with Gasteiger partial charge in [-0.25, -0.2) is 0 Å². The van der Waals surface area contributed by atoms with Crippen molar-refractivity contribution in [1.29, 1.82) is 0 Å². The minimum atomic E-state index is -0.119. The Bertz CT molecular complexity index is 1050. The molecule has 1 N–H and O–H groups in total. The van der Waals surface area contributed by atoms with E-state index in [-0.39, 0.29) is 12.7 Å². The molecule has 0 saturated carbocycles. The second-order valence-corrected chi connectivity index (χ2v) is 7.97. The summed E-state index contributed by atoms with van der Waals surface area (Å²) in [6.45, 7) is 3.93. The Morgan fingerprint density at radius 1 is 1.13 bits per heavy atom. The lowest BCUT2D eigenvalue weighted by Crippen LogP contribution is -2.22. The predicted octanol–water partition coefficient (Wildman–Crippen LogP) is 3.18. The SMILES string of the molecule is COCCn1c(C)nnc1SCc1ccc(C(=O)NCc2ccc3c(c2)OCO3)cc1. The number of amides is 1. The van der Waals surface area contributed by atoms with E-state index in [9.17, 15) is 4.79 Å². The third kappa shape index (κ3) is 5.18. The van der Waals surface area contributed by atoms with Gasteiger partial charge >= 0.3 is 0 Å². The number of methoxy groups -OCH3 is 1. The standard InChI is InChI=1S/C22H24N4O4S/c1-15-24-25-22(26(15)9-10-28-2)31-13-16-3-6-18(7-4-16)21(27)23-12-17-5-8-19-20(11-17)30-14-29-19/h3-8,11H,9-10,12-14H2,1-2H3,(H,23,27). The van der Waals surface area contributed by atoms with E-state index in [1.54, 1.807) is 18.9 Å². The van der Waals surface area contributed by atoms with Crippen LogP contribution in [0.4, 0.5) is 0 Å². The number of ether oxygens (including phenoxy) is 3.